The predicted molar refractivity (Wildman–Crippen MR) is 105 cm³/mol. The molecule has 0 atom stereocenters. The van der Waals surface area contributed by atoms with Crippen LogP contribution in [0.4, 0.5) is 0 Å². The zero-order chi connectivity index (χ0) is 18.7. The lowest BCUT2D eigenvalue weighted by Crippen LogP contribution is -2.49. The number of nitrogens with zero attached hydrogens (tertiary/aromatic N) is 2. The molecule has 0 unspecified atom stereocenters. The molecule has 2 aromatic rings. The molecule has 1 fully saturated rings. The van der Waals surface area contributed by atoms with Gasteiger partial charge >= 0.3 is 0 Å². The summed E-state index contributed by atoms with van der Waals surface area (Å²) in [6.45, 7) is 8.00. The third kappa shape index (κ3) is 4.13. The van der Waals surface area contributed by atoms with E-state index in [1.807, 2.05) is 30.9 Å². The van der Waals surface area contributed by atoms with E-state index in [1.165, 1.54) is 5.56 Å². The van der Waals surface area contributed by atoms with Crippen LogP contribution in [0.3, 0.4) is 0 Å². The second-order valence-electron chi connectivity index (χ2n) is 6.64. The van der Waals surface area contributed by atoms with Crippen molar-refractivity contribution in [1.82, 2.24) is 9.80 Å². The number of hydrogen-bond donors (Lipinski definition) is 0. The van der Waals surface area contributed by atoms with E-state index < -0.39 is 0 Å². The monoisotopic (exact) mass is 420 g/mol. The number of benzene rings is 1. The number of rotatable bonds is 5. The first-order chi connectivity index (χ1) is 12.5. The number of carbonyl (C=O) groups is 1. The number of amides is 1. The van der Waals surface area contributed by atoms with Gasteiger partial charge < -0.3 is 14.1 Å². The van der Waals surface area contributed by atoms with Crippen LogP contribution in [0.2, 0.25) is 0 Å². The molecule has 1 amide bonds. The highest BCUT2D eigenvalue weighted by molar-refractivity contribution is 9.10. The number of aryl methyl sites for hydroxylation is 2. The van der Waals surface area contributed by atoms with Crippen molar-refractivity contribution in [3.05, 3.63) is 51.4 Å². The Labute approximate surface area is 163 Å². The van der Waals surface area contributed by atoms with Gasteiger partial charge in [0.15, 0.2) is 0 Å². The Morgan fingerprint density at radius 3 is 2.31 bits per heavy atom. The average Bonchev–Trinajstić information content (AvgIpc) is 2.92. The van der Waals surface area contributed by atoms with Gasteiger partial charge in [0.25, 0.3) is 5.91 Å². The minimum Gasteiger partial charge on any atom is -0.497 e. The molecule has 0 bridgehead atoms. The number of carbonyl (C=O) groups excluding carboxylic acids is 1. The lowest BCUT2D eigenvalue weighted by molar-refractivity contribution is 0.0636. The highest BCUT2D eigenvalue weighted by atomic mass is 79.9. The van der Waals surface area contributed by atoms with E-state index in [0.29, 0.717) is 11.3 Å². The van der Waals surface area contributed by atoms with Gasteiger partial charge in [-0.2, -0.15) is 0 Å². The van der Waals surface area contributed by atoms with Gasteiger partial charge in [-0.15, -0.1) is 0 Å². The summed E-state index contributed by atoms with van der Waals surface area (Å²) < 4.78 is 11.5. The number of hydrogen-bond acceptors (Lipinski definition) is 4. The highest BCUT2D eigenvalue weighted by Crippen LogP contribution is 2.28. The molecule has 3 rings (SSSR count). The number of ether oxygens (including phenoxy) is 1. The molecule has 0 spiro atoms. The lowest BCUT2D eigenvalue weighted by atomic mass is 10.1. The van der Waals surface area contributed by atoms with Gasteiger partial charge in [-0.1, -0.05) is 12.1 Å². The van der Waals surface area contributed by atoms with Gasteiger partial charge in [0.2, 0.25) is 0 Å². The maximum Gasteiger partial charge on any atom is 0.258 e. The minimum absolute atomic E-state index is 0.0565. The molecule has 1 aliphatic rings. The third-order valence-corrected chi connectivity index (χ3v) is 5.89. The van der Waals surface area contributed by atoms with Gasteiger partial charge in [0.1, 0.15) is 17.3 Å². The first-order valence-electron chi connectivity index (χ1n) is 8.89. The van der Waals surface area contributed by atoms with E-state index in [4.69, 9.17) is 9.15 Å². The van der Waals surface area contributed by atoms with Crippen molar-refractivity contribution < 1.29 is 13.9 Å². The van der Waals surface area contributed by atoms with Crippen LogP contribution in [0.15, 0.2) is 33.2 Å². The van der Waals surface area contributed by atoms with E-state index in [0.717, 1.165) is 55.1 Å². The van der Waals surface area contributed by atoms with Crippen LogP contribution in [0.5, 0.6) is 5.75 Å². The topological polar surface area (TPSA) is 45.9 Å². The predicted octanol–water partition coefficient (Wildman–Crippen LogP) is 3.67. The van der Waals surface area contributed by atoms with E-state index in [-0.39, 0.29) is 5.91 Å². The molecule has 1 aliphatic heterocycles. The summed E-state index contributed by atoms with van der Waals surface area (Å²) in [5.74, 6) is 2.38. The highest BCUT2D eigenvalue weighted by Gasteiger charge is 2.27. The Morgan fingerprint density at radius 1 is 1.12 bits per heavy atom. The van der Waals surface area contributed by atoms with Crippen molar-refractivity contribution in [2.24, 2.45) is 0 Å². The molecule has 0 saturated carbocycles. The Kier molecular flexibility index (Phi) is 6.04. The summed E-state index contributed by atoms with van der Waals surface area (Å²) in [6, 6.07) is 8.22. The van der Waals surface area contributed by atoms with Crippen LogP contribution in [0, 0.1) is 13.8 Å². The van der Waals surface area contributed by atoms with Gasteiger partial charge in [0.05, 0.1) is 17.1 Å². The normalized spacial score (nSPS) is 15.3. The summed E-state index contributed by atoms with van der Waals surface area (Å²) in [6.07, 6.45) is 1.00. The molecule has 1 aromatic heterocycles. The van der Waals surface area contributed by atoms with Crippen LogP contribution in [-0.2, 0) is 6.42 Å². The van der Waals surface area contributed by atoms with Crippen LogP contribution in [0.1, 0.15) is 27.4 Å². The summed E-state index contributed by atoms with van der Waals surface area (Å²) in [5.41, 5.74) is 1.96. The quantitative estimate of drug-likeness (QED) is 0.739. The standard InChI is InChI=1S/C20H25BrN2O3/c1-14-18(19(21)15(2)26-14)20(24)23-12-10-22(11-13-23)9-8-16-4-6-17(25-3)7-5-16/h4-7H,8-13H2,1-3H3. The Morgan fingerprint density at radius 2 is 1.77 bits per heavy atom. The van der Waals surface area contributed by atoms with E-state index >= 15 is 0 Å². The van der Waals surface area contributed by atoms with E-state index in [9.17, 15) is 4.79 Å². The first kappa shape index (κ1) is 19.0. The van der Waals surface area contributed by atoms with Crippen LogP contribution >= 0.6 is 15.9 Å². The maximum atomic E-state index is 12.8. The molecule has 1 aromatic carbocycles. The summed E-state index contributed by atoms with van der Waals surface area (Å²) in [7, 11) is 1.68. The van der Waals surface area contributed by atoms with Gasteiger partial charge in [0, 0.05) is 32.7 Å². The summed E-state index contributed by atoms with van der Waals surface area (Å²) in [4.78, 5) is 17.1. The zero-order valence-electron chi connectivity index (χ0n) is 15.5. The second-order valence-corrected chi connectivity index (χ2v) is 7.43. The second kappa shape index (κ2) is 8.27. The average molecular weight is 421 g/mol. The fourth-order valence-electron chi connectivity index (χ4n) is 3.31. The molecule has 26 heavy (non-hydrogen) atoms. The molecular weight excluding hydrogens is 396 g/mol. The van der Waals surface area contributed by atoms with Crippen molar-refractivity contribution in [1.29, 1.82) is 0 Å². The molecular formula is C20H25BrN2O3. The lowest BCUT2D eigenvalue weighted by Gasteiger charge is -2.34. The van der Waals surface area contributed by atoms with Crippen molar-refractivity contribution in [3.8, 4) is 5.75 Å². The van der Waals surface area contributed by atoms with E-state index in [1.54, 1.807) is 7.11 Å². The Bertz CT molecular complexity index is 762. The number of halogens is 1. The van der Waals surface area contributed by atoms with E-state index in [2.05, 4.69) is 33.0 Å². The maximum absolute atomic E-state index is 12.8. The van der Waals surface area contributed by atoms with Crippen molar-refractivity contribution >= 4 is 21.8 Å². The fourth-order valence-corrected chi connectivity index (χ4v) is 3.84. The first-order valence-corrected chi connectivity index (χ1v) is 9.69. The van der Waals surface area contributed by atoms with Crippen molar-refractivity contribution in [2.75, 3.05) is 39.8 Å². The third-order valence-electron chi connectivity index (χ3n) is 4.94. The van der Waals surface area contributed by atoms with Crippen molar-refractivity contribution in [2.45, 2.75) is 20.3 Å². The molecule has 0 N–H and O–H groups in total. The molecule has 6 heteroatoms. The Hall–Kier alpha value is -1.79. The Balaban J connectivity index is 1.51. The number of methoxy groups -OCH3 is 1. The summed E-state index contributed by atoms with van der Waals surface area (Å²) >= 11 is 3.48. The van der Waals surface area contributed by atoms with Gasteiger partial charge in [-0.05, 0) is 53.9 Å². The zero-order valence-corrected chi connectivity index (χ0v) is 17.1. The van der Waals surface area contributed by atoms with Crippen LogP contribution in [0.25, 0.3) is 0 Å². The SMILES string of the molecule is COc1ccc(CCN2CCN(C(=O)c3c(C)oc(C)c3Br)CC2)cc1. The molecule has 140 valence electrons. The smallest absolute Gasteiger partial charge is 0.258 e. The number of piperazine rings is 1. The molecule has 0 aliphatic carbocycles. The van der Waals surface area contributed by atoms with Crippen LogP contribution < -0.4 is 4.74 Å². The number of furan rings is 1. The molecule has 1 saturated heterocycles. The fraction of sp³-hybridized carbons (Fsp3) is 0.450. The minimum atomic E-state index is 0.0565. The molecule has 0 radical (unpaired) electrons. The van der Waals surface area contributed by atoms with Gasteiger partial charge in [-0.25, -0.2) is 0 Å². The largest absolute Gasteiger partial charge is 0.497 e. The van der Waals surface area contributed by atoms with Crippen LogP contribution in [-0.4, -0.2) is 55.5 Å². The van der Waals surface area contributed by atoms with Crippen molar-refractivity contribution in [3.63, 3.8) is 0 Å². The molecule has 2 heterocycles. The summed E-state index contributed by atoms with van der Waals surface area (Å²) in [5, 5.41) is 0. The van der Waals surface area contributed by atoms with Gasteiger partial charge in [-0.3, -0.25) is 9.69 Å². The molecule has 5 nitrogen and oxygen atoms in total.